The average molecular weight is 387 g/mol. The van der Waals surface area contributed by atoms with Crippen molar-refractivity contribution < 1.29 is 4.74 Å². The Kier molecular flexibility index (Phi) is 6.05. The van der Waals surface area contributed by atoms with Gasteiger partial charge in [0, 0.05) is 36.4 Å². The monoisotopic (exact) mass is 386 g/mol. The van der Waals surface area contributed by atoms with Crippen molar-refractivity contribution in [3.05, 3.63) is 45.4 Å². The van der Waals surface area contributed by atoms with Gasteiger partial charge in [-0.1, -0.05) is 18.2 Å². The van der Waals surface area contributed by atoms with Gasteiger partial charge in [0.05, 0.1) is 16.7 Å². The number of nitrogens with zero attached hydrogens (tertiary/aromatic N) is 2. The summed E-state index contributed by atoms with van der Waals surface area (Å²) in [5, 5.41) is 8.12. The summed E-state index contributed by atoms with van der Waals surface area (Å²) in [6.07, 6.45) is 1.81. The van der Waals surface area contributed by atoms with Crippen LogP contribution in [0.3, 0.4) is 0 Å². The molecule has 0 saturated carbocycles. The Morgan fingerprint density at radius 3 is 2.81 bits per heavy atom. The van der Waals surface area contributed by atoms with Gasteiger partial charge in [0.25, 0.3) is 0 Å². The number of aromatic nitrogens is 1. The summed E-state index contributed by atoms with van der Waals surface area (Å²) >= 11 is 1.77. The van der Waals surface area contributed by atoms with Crippen LogP contribution < -0.4 is 15.4 Å². The van der Waals surface area contributed by atoms with Crippen LogP contribution in [0.1, 0.15) is 54.4 Å². The van der Waals surface area contributed by atoms with E-state index in [0.29, 0.717) is 0 Å². The summed E-state index contributed by atoms with van der Waals surface area (Å²) in [5.74, 6) is 1.81. The third kappa shape index (κ3) is 5.01. The van der Waals surface area contributed by atoms with Gasteiger partial charge in [-0.25, -0.2) is 4.98 Å². The van der Waals surface area contributed by atoms with E-state index in [1.165, 1.54) is 10.4 Å². The highest BCUT2D eigenvalue weighted by Crippen LogP contribution is 2.39. The molecule has 0 saturated heterocycles. The van der Waals surface area contributed by atoms with E-state index in [9.17, 15) is 0 Å². The first-order valence-electron chi connectivity index (χ1n) is 9.63. The zero-order valence-corrected chi connectivity index (χ0v) is 17.7. The van der Waals surface area contributed by atoms with Crippen LogP contribution in [0.4, 0.5) is 0 Å². The third-order valence-electron chi connectivity index (χ3n) is 4.64. The van der Waals surface area contributed by atoms with Crippen molar-refractivity contribution in [2.45, 2.75) is 59.1 Å². The number of ether oxygens (including phenoxy) is 1. The molecule has 2 N–H and O–H groups in total. The zero-order valence-electron chi connectivity index (χ0n) is 16.9. The molecule has 1 aromatic carbocycles. The van der Waals surface area contributed by atoms with Crippen LogP contribution in [0.15, 0.2) is 29.3 Å². The van der Waals surface area contributed by atoms with E-state index in [0.717, 1.165) is 48.3 Å². The number of hydrogen-bond acceptors (Lipinski definition) is 4. The van der Waals surface area contributed by atoms with Gasteiger partial charge in [-0.2, -0.15) is 0 Å². The quantitative estimate of drug-likeness (QED) is 0.598. The molecule has 2 heterocycles. The van der Waals surface area contributed by atoms with Crippen molar-refractivity contribution in [2.24, 2.45) is 4.99 Å². The second kappa shape index (κ2) is 8.30. The maximum Gasteiger partial charge on any atom is 0.191 e. The normalized spacial score (nSPS) is 18.6. The summed E-state index contributed by atoms with van der Waals surface area (Å²) in [4.78, 5) is 10.6. The first-order valence-corrected chi connectivity index (χ1v) is 10.5. The fraction of sp³-hybridized carbons (Fsp3) is 0.524. The minimum absolute atomic E-state index is 0.176. The van der Waals surface area contributed by atoms with E-state index in [1.54, 1.807) is 11.3 Å². The molecular weight excluding hydrogens is 356 g/mol. The zero-order chi connectivity index (χ0) is 19.4. The summed E-state index contributed by atoms with van der Waals surface area (Å²) in [6, 6.07) is 8.44. The molecule has 0 fully saturated rings. The van der Waals surface area contributed by atoms with Crippen LogP contribution in [0, 0.1) is 13.8 Å². The van der Waals surface area contributed by atoms with Gasteiger partial charge in [-0.15, -0.1) is 11.3 Å². The van der Waals surface area contributed by atoms with Gasteiger partial charge in [-0.3, -0.25) is 4.99 Å². The molecule has 0 bridgehead atoms. The minimum Gasteiger partial charge on any atom is -0.487 e. The molecular formula is C21H30N4OS. The second-order valence-corrected chi connectivity index (χ2v) is 8.84. The van der Waals surface area contributed by atoms with Crippen LogP contribution in [-0.4, -0.2) is 29.6 Å². The van der Waals surface area contributed by atoms with E-state index < -0.39 is 0 Å². The number of benzene rings is 1. The minimum atomic E-state index is -0.208. The molecule has 0 spiro atoms. The third-order valence-corrected chi connectivity index (χ3v) is 5.77. The lowest BCUT2D eigenvalue weighted by Gasteiger charge is -2.38. The van der Waals surface area contributed by atoms with Gasteiger partial charge < -0.3 is 15.4 Å². The predicted molar refractivity (Wildman–Crippen MR) is 113 cm³/mol. The van der Waals surface area contributed by atoms with Crippen molar-refractivity contribution in [2.75, 3.05) is 13.1 Å². The van der Waals surface area contributed by atoms with Crippen LogP contribution in [0.25, 0.3) is 0 Å². The van der Waals surface area contributed by atoms with Crippen molar-refractivity contribution >= 4 is 17.3 Å². The Morgan fingerprint density at radius 1 is 1.33 bits per heavy atom. The Balaban J connectivity index is 1.72. The van der Waals surface area contributed by atoms with Crippen LogP contribution in [-0.2, 0) is 6.42 Å². The van der Waals surface area contributed by atoms with E-state index in [1.807, 2.05) is 12.1 Å². The predicted octanol–water partition coefficient (Wildman–Crippen LogP) is 4.16. The standard InChI is InChI=1S/C21H30N4OS/c1-6-22-20(23-12-11-19-14(2)24-15(3)27-19)25-17-13-21(4,5)26-18-10-8-7-9-16(17)18/h7-10,17H,6,11-13H2,1-5H3,(H2,22,23,25). The van der Waals surface area contributed by atoms with Crippen LogP contribution in [0.2, 0.25) is 0 Å². The summed E-state index contributed by atoms with van der Waals surface area (Å²) in [7, 11) is 0. The lowest BCUT2D eigenvalue weighted by atomic mass is 9.90. The van der Waals surface area contributed by atoms with Gasteiger partial charge in [0.1, 0.15) is 11.4 Å². The number of aliphatic imine (C=N–C) groups is 1. The van der Waals surface area contributed by atoms with Gasteiger partial charge >= 0.3 is 0 Å². The maximum atomic E-state index is 6.14. The van der Waals surface area contributed by atoms with E-state index in [4.69, 9.17) is 9.73 Å². The fourth-order valence-corrected chi connectivity index (χ4v) is 4.42. The summed E-state index contributed by atoms with van der Waals surface area (Å²) in [5.41, 5.74) is 2.11. The number of para-hydroxylation sites is 1. The molecule has 3 rings (SSSR count). The molecule has 2 aromatic rings. The van der Waals surface area contributed by atoms with Gasteiger partial charge in [-0.05, 0) is 40.7 Å². The first kappa shape index (κ1) is 19.7. The lowest BCUT2D eigenvalue weighted by Crippen LogP contribution is -2.45. The number of nitrogens with one attached hydrogen (secondary N) is 2. The SMILES string of the molecule is CCNC(=NCCc1sc(C)nc1C)NC1CC(C)(C)Oc2ccccc21. The molecule has 146 valence electrons. The number of thiazole rings is 1. The molecule has 0 amide bonds. The van der Waals surface area contributed by atoms with E-state index >= 15 is 0 Å². The molecule has 6 heteroatoms. The fourth-order valence-electron chi connectivity index (χ4n) is 3.49. The first-order chi connectivity index (χ1) is 12.9. The molecule has 5 nitrogen and oxygen atoms in total. The molecule has 1 aliphatic heterocycles. The molecule has 0 radical (unpaired) electrons. The molecule has 27 heavy (non-hydrogen) atoms. The number of guanidine groups is 1. The van der Waals surface area contributed by atoms with Crippen molar-refractivity contribution in [1.82, 2.24) is 15.6 Å². The maximum absolute atomic E-state index is 6.14. The van der Waals surface area contributed by atoms with Gasteiger partial charge in [0.2, 0.25) is 0 Å². The van der Waals surface area contributed by atoms with Crippen molar-refractivity contribution in [3.63, 3.8) is 0 Å². The largest absolute Gasteiger partial charge is 0.487 e. The number of rotatable bonds is 5. The highest BCUT2D eigenvalue weighted by atomic mass is 32.1. The molecule has 1 aliphatic rings. The number of fused-ring (bicyclic) bond motifs is 1. The Morgan fingerprint density at radius 2 is 2.11 bits per heavy atom. The van der Waals surface area contributed by atoms with Crippen molar-refractivity contribution in [3.8, 4) is 5.75 Å². The summed E-state index contributed by atoms with van der Waals surface area (Å²) in [6.45, 7) is 12.1. The smallest absolute Gasteiger partial charge is 0.191 e. The molecule has 1 unspecified atom stereocenters. The molecule has 1 atom stereocenters. The average Bonchev–Trinajstić information content (AvgIpc) is 2.91. The Labute approximate surface area is 166 Å². The van der Waals surface area contributed by atoms with Crippen molar-refractivity contribution in [1.29, 1.82) is 0 Å². The molecule has 0 aliphatic carbocycles. The lowest BCUT2D eigenvalue weighted by molar-refractivity contribution is 0.0694. The topological polar surface area (TPSA) is 58.5 Å². The number of aryl methyl sites for hydroxylation is 2. The van der Waals surface area contributed by atoms with Crippen LogP contribution in [0.5, 0.6) is 5.75 Å². The number of hydrogen-bond donors (Lipinski definition) is 2. The van der Waals surface area contributed by atoms with Crippen LogP contribution >= 0.6 is 11.3 Å². The van der Waals surface area contributed by atoms with E-state index in [2.05, 4.69) is 62.4 Å². The highest BCUT2D eigenvalue weighted by Gasteiger charge is 2.33. The highest BCUT2D eigenvalue weighted by molar-refractivity contribution is 7.11. The van der Waals surface area contributed by atoms with E-state index in [-0.39, 0.29) is 11.6 Å². The molecule has 1 aromatic heterocycles. The Bertz CT molecular complexity index is 812. The second-order valence-electron chi connectivity index (χ2n) is 7.55. The summed E-state index contributed by atoms with van der Waals surface area (Å²) < 4.78 is 6.14. The van der Waals surface area contributed by atoms with Gasteiger partial charge in [0.15, 0.2) is 5.96 Å². The Hall–Kier alpha value is -2.08.